The van der Waals surface area contributed by atoms with E-state index in [1.165, 1.54) is 25.9 Å². The number of halogens is 1. The van der Waals surface area contributed by atoms with Crippen molar-refractivity contribution < 1.29 is 4.21 Å². The fraction of sp³-hybridized carbons (Fsp3) is 0.688. The van der Waals surface area contributed by atoms with Crippen LogP contribution in [0.1, 0.15) is 32.6 Å². The molecule has 0 radical (unpaired) electrons. The maximum Gasteiger partial charge on any atom is 0.129 e. The van der Waals surface area contributed by atoms with E-state index in [4.69, 9.17) is 11.6 Å². The van der Waals surface area contributed by atoms with Crippen LogP contribution < -0.4 is 0 Å². The van der Waals surface area contributed by atoms with Gasteiger partial charge in [-0.25, -0.2) is 13.5 Å². The molecule has 0 spiro atoms. The van der Waals surface area contributed by atoms with Gasteiger partial charge in [0.2, 0.25) is 0 Å². The molecular weight excluding hydrogens is 318 g/mol. The summed E-state index contributed by atoms with van der Waals surface area (Å²) in [5.74, 6) is 0.876. The van der Waals surface area contributed by atoms with Crippen LogP contribution in [0.2, 0.25) is 5.15 Å². The highest BCUT2D eigenvalue weighted by Gasteiger charge is 2.29. The smallest absolute Gasteiger partial charge is 0.129 e. The van der Waals surface area contributed by atoms with Crippen molar-refractivity contribution in [2.75, 3.05) is 26.2 Å². The number of hydrogen-bond acceptors (Lipinski definition) is 3. The quantitative estimate of drug-likeness (QED) is 0.793. The monoisotopic (exact) mass is 341 g/mol. The molecule has 2 fully saturated rings. The van der Waals surface area contributed by atoms with Crippen LogP contribution in [0.15, 0.2) is 23.2 Å². The van der Waals surface area contributed by atoms with Gasteiger partial charge < -0.3 is 4.90 Å². The van der Waals surface area contributed by atoms with Crippen LogP contribution >= 0.6 is 11.6 Å². The average Bonchev–Trinajstić information content (AvgIpc) is 2.56. The Morgan fingerprint density at radius 3 is 2.41 bits per heavy atom. The third-order valence-corrected chi connectivity index (χ3v) is 6.60. The lowest BCUT2D eigenvalue weighted by molar-refractivity contribution is 0.102. The Morgan fingerprint density at radius 1 is 1.14 bits per heavy atom. The van der Waals surface area contributed by atoms with Gasteiger partial charge in [0.05, 0.1) is 4.90 Å². The maximum absolute atomic E-state index is 12.6. The molecule has 4 nitrogen and oxygen atoms in total. The fourth-order valence-electron chi connectivity index (χ4n) is 3.38. The van der Waals surface area contributed by atoms with Gasteiger partial charge in [-0.05, 0) is 56.8 Å². The Labute approximate surface area is 140 Å². The summed E-state index contributed by atoms with van der Waals surface area (Å²) in [7, 11) is -1.11. The van der Waals surface area contributed by atoms with Crippen molar-refractivity contribution in [2.24, 2.45) is 5.92 Å². The predicted octanol–water partition coefficient (Wildman–Crippen LogP) is 2.95. The third kappa shape index (κ3) is 3.88. The molecule has 1 unspecified atom stereocenters. The first-order valence-corrected chi connectivity index (χ1v) is 9.64. The second kappa shape index (κ2) is 7.39. The molecule has 0 bridgehead atoms. The van der Waals surface area contributed by atoms with Crippen LogP contribution in [0.4, 0.5) is 0 Å². The zero-order valence-corrected chi connectivity index (χ0v) is 14.7. The molecule has 0 amide bonds. The van der Waals surface area contributed by atoms with Crippen LogP contribution in [0.25, 0.3) is 0 Å². The van der Waals surface area contributed by atoms with E-state index in [1.54, 1.807) is 12.3 Å². The Bertz CT molecular complexity index is 509. The predicted molar refractivity (Wildman–Crippen MR) is 90.2 cm³/mol. The molecule has 3 heterocycles. The molecule has 6 heteroatoms. The first kappa shape index (κ1) is 16.4. The Morgan fingerprint density at radius 2 is 1.82 bits per heavy atom. The lowest BCUT2D eigenvalue weighted by Gasteiger charge is -2.40. The summed E-state index contributed by atoms with van der Waals surface area (Å²) in [6, 6.07) is 4.18. The average molecular weight is 342 g/mol. The number of nitrogens with zero attached hydrogens (tertiary/aromatic N) is 3. The molecule has 0 saturated carbocycles. The van der Waals surface area contributed by atoms with Gasteiger partial charge in [0.1, 0.15) is 16.1 Å². The van der Waals surface area contributed by atoms with Crippen molar-refractivity contribution in [3.8, 4) is 0 Å². The van der Waals surface area contributed by atoms with Gasteiger partial charge in [0, 0.05) is 25.3 Å². The molecule has 2 saturated heterocycles. The lowest BCUT2D eigenvalue weighted by atomic mass is 9.95. The zero-order chi connectivity index (χ0) is 15.5. The fourth-order valence-corrected chi connectivity index (χ4v) is 4.66. The van der Waals surface area contributed by atoms with Crippen molar-refractivity contribution in [1.29, 1.82) is 0 Å². The van der Waals surface area contributed by atoms with E-state index in [0.29, 0.717) is 11.2 Å². The van der Waals surface area contributed by atoms with Crippen molar-refractivity contribution in [2.45, 2.75) is 43.5 Å². The van der Waals surface area contributed by atoms with Crippen LogP contribution in [-0.2, 0) is 11.0 Å². The SMILES string of the molecule is CC1CCN(C2CCN(S(=O)c3ccc(Cl)nc3)CC2)CC1. The summed E-state index contributed by atoms with van der Waals surface area (Å²) in [6.07, 6.45) is 6.49. The topological polar surface area (TPSA) is 36.4 Å². The van der Waals surface area contributed by atoms with Crippen LogP contribution in [0.3, 0.4) is 0 Å². The number of piperidine rings is 2. The molecule has 1 aromatic heterocycles. The summed E-state index contributed by atoms with van der Waals surface area (Å²) < 4.78 is 14.6. The van der Waals surface area contributed by atoms with Gasteiger partial charge >= 0.3 is 0 Å². The second-order valence-corrected chi connectivity index (χ2v) is 8.32. The minimum absolute atomic E-state index is 0.443. The van der Waals surface area contributed by atoms with Gasteiger partial charge in [-0.1, -0.05) is 18.5 Å². The van der Waals surface area contributed by atoms with E-state index in [2.05, 4.69) is 21.1 Å². The zero-order valence-electron chi connectivity index (χ0n) is 13.1. The lowest BCUT2D eigenvalue weighted by Crippen LogP contribution is -2.47. The van der Waals surface area contributed by atoms with Crippen molar-refractivity contribution in [1.82, 2.24) is 14.2 Å². The van der Waals surface area contributed by atoms with E-state index in [9.17, 15) is 4.21 Å². The summed E-state index contributed by atoms with van der Waals surface area (Å²) >= 11 is 5.79. The number of hydrogen-bond donors (Lipinski definition) is 0. The molecule has 1 aromatic rings. The van der Waals surface area contributed by atoms with E-state index >= 15 is 0 Å². The molecule has 2 aliphatic rings. The standard InChI is InChI=1S/C16H24ClN3OS/c1-13-4-8-19(9-5-13)14-6-10-20(11-7-14)22(21)15-2-3-16(17)18-12-15/h2-3,12-14H,4-11H2,1H3. The molecule has 122 valence electrons. The highest BCUT2D eigenvalue weighted by atomic mass is 35.5. The van der Waals surface area contributed by atoms with Crippen molar-refractivity contribution >= 4 is 22.6 Å². The molecular formula is C16H24ClN3OS. The summed E-state index contributed by atoms with van der Waals surface area (Å²) in [4.78, 5) is 7.42. The minimum atomic E-state index is -1.11. The normalized spacial score (nSPS) is 24.5. The van der Waals surface area contributed by atoms with Crippen molar-refractivity contribution in [3.05, 3.63) is 23.5 Å². The Kier molecular flexibility index (Phi) is 5.50. The van der Waals surface area contributed by atoms with Crippen LogP contribution in [0, 0.1) is 5.92 Å². The van der Waals surface area contributed by atoms with Gasteiger partial charge in [-0.2, -0.15) is 0 Å². The van der Waals surface area contributed by atoms with Gasteiger partial charge in [-0.15, -0.1) is 0 Å². The Balaban J connectivity index is 1.53. The highest BCUT2D eigenvalue weighted by Crippen LogP contribution is 2.25. The molecule has 1 atom stereocenters. The summed E-state index contributed by atoms with van der Waals surface area (Å²) in [5, 5.41) is 0.443. The number of likely N-dealkylation sites (tertiary alicyclic amines) is 1. The van der Waals surface area contributed by atoms with Crippen LogP contribution in [0.5, 0.6) is 0 Å². The first-order chi connectivity index (χ1) is 10.6. The second-order valence-electron chi connectivity index (χ2n) is 6.44. The van der Waals surface area contributed by atoms with Gasteiger partial charge in [0.25, 0.3) is 0 Å². The minimum Gasteiger partial charge on any atom is -0.300 e. The molecule has 2 aliphatic heterocycles. The van der Waals surface area contributed by atoms with E-state index in [1.807, 2.05) is 6.07 Å². The van der Waals surface area contributed by atoms with E-state index in [-0.39, 0.29) is 0 Å². The van der Waals surface area contributed by atoms with Gasteiger partial charge in [0.15, 0.2) is 0 Å². The highest BCUT2D eigenvalue weighted by molar-refractivity contribution is 7.82. The number of pyridine rings is 1. The summed E-state index contributed by atoms with van der Waals surface area (Å²) in [5.41, 5.74) is 0. The molecule has 0 aromatic carbocycles. The van der Waals surface area contributed by atoms with E-state index < -0.39 is 11.0 Å². The van der Waals surface area contributed by atoms with Gasteiger partial charge in [-0.3, -0.25) is 0 Å². The first-order valence-electron chi connectivity index (χ1n) is 8.16. The molecule has 22 heavy (non-hydrogen) atoms. The number of rotatable bonds is 3. The van der Waals surface area contributed by atoms with Crippen molar-refractivity contribution in [3.63, 3.8) is 0 Å². The maximum atomic E-state index is 12.6. The Hall–Kier alpha value is -0.490. The third-order valence-electron chi connectivity index (χ3n) is 4.89. The van der Waals surface area contributed by atoms with E-state index in [0.717, 1.165) is 36.7 Å². The largest absolute Gasteiger partial charge is 0.300 e. The molecule has 3 rings (SSSR count). The van der Waals surface area contributed by atoms with Crippen LogP contribution in [-0.4, -0.2) is 50.6 Å². The molecule has 0 N–H and O–H groups in total. The molecule has 0 aliphatic carbocycles. The number of aromatic nitrogens is 1. The summed E-state index contributed by atoms with van der Waals surface area (Å²) in [6.45, 7) is 6.60.